The van der Waals surface area contributed by atoms with E-state index in [0.29, 0.717) is 13.1 Å². The summed E-state index contributed by atoms with van der Waals surface area (Å²) in [5.41, 5.74) is 1.18. The fourth-order valence-electron chi connectivity index (χ4n) is 2.21. The molecular weight excluding hydrogens is 288 g/mol. The van der Waals surface area contributed by atoms with Crippen LogP contribution in [0.25, 0.3) is 0 Å². The second-order valence-electron chi connectivity index (χ2n) is 4.99. The Morgan fingerprint density at radius 2 is 1.81 bits per heavy atom. The molecule has 1 aliphatic heterocycles. The van der Waals surface area contributed by atoms with E-state index < -0.39 is 11.2 Å². The van der Waals surface area contributed by atoms with Crippen molar-refractivity contribution < 1.29 is 14.7 Å². The van der Waals surface area contributed by atoms with Crippen molar-refractivity contribution in [1.29, 1.82) is 0 Å². The van der Waals surface area contributed by atoms with Gasteiger partial charge >= 0.3 is 5.97 Å². The molecule has 1 amide bonds. The number of carbonyl (C=O) groups is 2. The first kappa shape index (κ1) is 15.7. The molecule has 5 nitrogen and oxygen atoms in total. The van der Waals surface area contributed by atoms with E-state index in [2.05, 4.69) is 17.0 Å². The first-order valence-electron chi connectivity index (χ1n) is 7.00. The van der Waals surface area contributed by atoms with Crippen LogP contribution in [-0.2, 0) is 9.59 Å². The number of amides is 1. The summed E-state index contributed by atoms with van der Waals surface area (Å²) < 4.78 is 0. The Morgan fingerprint density at radius 3 is 2.38 bits per heavy atom. The summed E-state index contributed by atoms with van der Waals surface area (Å²) in [6.07, 6.45) is 0. The molecule has 0 bridgehead atoms. The van der Waals surface area contributed by atoms with Crippen LogP contribution in [0.5, 0.6) is 0 Å². The van der Waals surface area contributed by atoms with Crippen LogP contribution in [-0.4, -0.2) is 59.1 Å². The number of rotatable bonds is 5. The number of para-hydroxylation sites is 1. The van der Waals surface area contributed by atoms with Crippen LogP contribution < -0.4 is 4.90 Å². The van der Waals surface area contributed by atoms with Gasteiger partial charge in [-0.2, -0.15) is 0 Å². The molecule has 0 radical (unpaired) electrons. The van der Waals surface area contributed by atoms with Gasteiger partial charge in [0.2, 0.25) is 5.91 Å². The lowest BCUT2D eigenvalue weighted by molar-refractivity contribution is -0.136. The van der Waals surface area contributed by atoms with Gasteiger partial charge in [0, 0.05) is 31.9 Å². The van der Waals surface area contributed by atoms with Crippen molar-refractivity contribution in [2.24, 2.45) is 0 Å². The maximum atomic E-state index is 12.1. The molecule has 0 aromatic heterocycles. The van der Waals surface area contributed by atoms with Crippen molar-refractivity contribution in [3.63, 3.8) is 0 Å². The van der Waals surface area contributed by atoms with E-state index in [9.17, 15) is 9.59 Å². The van der Waals surface area contributed by atoms with Crippen LogP contribution >= 0.6 is 11.8 Å². The average molecular weight is 308 g/mol. The summed E-state index contributed by atoms with van der Waals surface area (Å²) in [5, 5.41) is 8.27. The van der Waals surface area contributed by atoms with E-state index in [0.717, 1.165) is 13.1 Å². The Balaban J connectivity index is 1.78. The molecule has 114 valence electrons. The van der Waals surface area contributed by atoms with E-state index >= 15 is 0 Å². The Labute approximate surface area is 128 Å². The number of benzene rings is 1. The van der Waals surface area contributed by atoms with Gasteiger partial charge in [-0.1, -0.05) is 18.2 Å². The highest BCUT2D eigenvalue weighted by Gasteiger charge is 2.22. The monoisotopic (exact) mass is 308 g/mol. The minimum atomic E-state index is -0.873. The predicted molar refractivity (Wildman–Crippen MR) is 84.8 cm³/mol. The van der Waals surface area contributed by atoms with Crippen molar-refractivity contribution >= 4 is 29.3 Å². The van der Waals surface area contributed by atoms with Gasteiger partial charge in [-0.3, -0.25) is 9.59 Å². The summed E-state index contributed by atoms with van der Waals surface area (Å²) in [5.74, 6) is -0.610. The molecule has 0 saturated carbocycles. The van der Waals surface area contributed by atoms with Gasteiger partial charge < -0.3 is 14.9 Å². The maximum Gasteiger partial charge on any atom is 0.316 e. The zero-order valence-corrected chi connectivity index (χ0v) is 12.9. The molecule has 1 aromatic rings. The minimum absolute atomic E-state index is 0.0285. The lowest BCUT2D eigenvalue weighted by atomic mass is 10.2. The van der Waals surface area contributed by atoms with Gasteiger partial charge in [-0.25, -0.2) is 0 Å². The molecule has 1 N–H and O–H groups in total. The third-order valence-electron chi connectivity index (χ3n) is 3.56. The summed E-state index contributed by atoms with van der Waals surface area (Å²) in [6.45, 7) is 4.61. The molecule has 1 saturated heterocycles. The number of anilines is 1. The van der Waals surface area contributed by atoms with E-state index in [1.165, 1.54) is 17.4 Å². The molecule has 0 unspecified atom stereocenters. The topological polar surface area (TPSA) is 60.9 Å². The first-order valence-corrected chi connectivity index (χ1v) is 8.05. The summed E-state index contributed by atoms with van der Waals surface area (Å²) in [6, 6.07) is 10.2. The van der Waals surface area contributed by atoms with Crippen LogP contribution in [0.2, 0.25) is 0 Å². The lowest BCUT2D eigenvalue weighted by Gasteiger charge is -2.36. The lowest BCUT2D eigenvalue weighted by Crippen LogP contribution is -2.49. The Hall–Kier alpha value is -1.69. The standard InChI is InChI=1S/C15H20N2O3S/c1-12(15(19)20)21-11-14(18)17-9-7-16(8-10-17)13-5-3-2-4-6-13/h2-6,12H,7-11H2,1H3,(H,19,20)/t12-/m1/s1. The van der Waals surface area contributed by atoms with Crippen LogP contribution in [0.15, 0.2) is 30.3 Å². The van der Waals surface area contributed by atoms with Gasteiger partial charge in [0.15, 0.2) is 0 Å². The summed E-state index contributed by atoms with van der Waals surface area (Å²) >= 11 is 1.18. The molecule has 1 aliphatic rings. The molecule has 6 heteroatoms. The van der Waals surface area contributed by atoms with E-state index in [-0.39, 0.29) is 11.7 Å². The average Bonchev–Trinajstić information content (AvgIpc) is 2.53. The number of carboxylic acid groups (broad SMARTS) is 1. The Kier molecular flexibility index (Phi) is 5.50. The van der Waals surface area contributed by atoms with Crippen molar-refractivity contribution in [3.05, 3.63) is 30.3 Å². The SMILES string of the molecule is C[C@@H](SCC(=O)N1CCN(c2ccccc2)CC1)C(=O)O. The number of thioether (sulfide) groups is 1. The van der Waals surface area contributed by atoms with E-state index in [1.54, 1.807) is 6.92 Å². The fourth-order valence-corrected chi connectivity index (χ4v) is 2.93. The Morgan fingerprint density at radius 1 is 1.19 bits per heavy atom. The van der Waals surface area contributed by atoms with Crippen LogP contribution in [0.4, 0.5) is 5.69 Å². The molecule has 1 heterocycles. The minimum Gasteiger partial charge on any atom is -0.480 e. The van der Waals surface area contributed by atoms with Gasteiger partial charge in [0.05, 0.1) is 11.0 Å². The molecule has 0 aliphatic carbocycles. The molecule has 0 spiro atoms. The van der Waals surface area contributed by atoms with Crippen LogP contribution in [0.1, 0.15) is 6.92 Å². The van der Waals surface area contributed by atoms with Crippen molar-refractivity contribution in [3.8, 4) is 0 Å². The number of hydrogen-bond donors (Lipinski definition) is 1. The highest BCUT2D eigenvalue weighted by atomic mass is 32.2. The normalized spacial score (nSPS) is 16.6. The Bertz CT molecular complexity index is 487. The highest BCUT2D eigenvalue weighted by Crippen LogP contribution is 2.17. The maximum absolute atomic E-state index is 12.1. The van der Waals surface area contributed by atoms with E-state index in [1.807, 2.05) is 23.1 Å². The van der Waals surface area contributed by atoms with Crippen molar-refractivity contribution in [2.75, 3.05) is 36.8 Å². The number of aliphatic carboxylic acids is 1. The summed E-state index contributed by atoms with van der Waals surface area (Å²) in [4.78, 5) is 26.9. The van der Waals surface area contributed by atoms with Crippen LogP contribution in [0, 0.1) is 0 Å². The molecule has 2 rings (SSSR count). The molecule has 21 heavy (non-hydrogen) atoms. The number of piperazine rings is 1. The number of nitrogens with zero attached hydrogens (tertiary/aromatic N) is 2. The number of hydrogen-bond acceptors (Lipinski definition) is 4. The van der Waals surface area contributed by atoms with Crippen molar-refractivity contribution in [2.45, 2.75) is 12.2 Å². The predicted octanol–water partition coefficient (Wildman–Crippen LogP) is 1.54. The second kappa shape index (κ2) is 7.36. The largest absolute Gasteiger partial charge is 0.480 e. The molecular formula is C15H20N2O3S. The fraction of sp³-hybridized carbons (Fsp3) is 0.467. The third-order valence-corrected chi connectivity index (χ3v) is 4.67. The smallest absolute Gasteiger partial charge is 0.316 e. The molecule has 1 atom stereocenters. The van der Waals surface area contributed by atoms with Gasteiger partial charge in [0.1, 0.15) is 0 Å². The van der Waals surface area contributed by atoms with Gasteiger partial charge in [0.25, 0.3) is 0 Å². The first-order chi connectivity index (χ1) is 10.1. The molecule has 1 fully saturated rings. The zero-order chi connectivity index (χ0) is 15.2. The van der Waals surface area contributed by atoms with Crippen LogP contribution in [0.3, 0.4) is 0 Å². The second-order valence-corrected chi connectivity index (χ2v) is 6.32. The quantitative estimate of drug-likeness (QED) is 0.894. The third kappa shape index (κ3) is 4.39. The van der Waals surface area contributed by atoms with Gasteiger partial charge in [-0.15, -0.1) is 11.8 Å². The number of carbonyl (C=O) groups excluding carboxylic acids is 1. The van der Waals surface area contributed by atoms with E-state index in [4.69, 9.17) is 5.11 Å². The van der Waals surface area contributed by atoms with Gasteiger partial charge in [-0.05, 0) is 19.1 Å². The summed E-state index contributed by atoms with van der Waals surface area (Å²) in [7, 11) is 0. The van der Waals surface area contributed by atoms with Crippen molar-refractivity contribution in [1.82, 2.24) is 4.90 Å². The molecule has 1 aromatic carbocycles. The zero-order valence-electron chi connectivity index (χ0n) is 12.1. The highest BCUT2D eigenvalue weighted by molar-refractivity contribution is 8.01. The number of carboxylic acids is 1.